The predicted molar refractivity (Wildman–Crippen MR) is 139 cm³/mol. The minimum absolute atomic E-state index is 0.189. The number of halogens is 1. The molecular formula is C30H32ClNO3. The Balaban J connectivity index is 1.79. The highest BCUT2D eigenvalue weighted by atomic mass is 35.5. The van der Waals surface area contributed by atoms with E-state index >= 15 is 0 Å². The molecular weight excluding hydrogens is 458 g/mol. The number of carbonyl (C=O) groups is 2. The van der Waals surface area contributed by atoms with E-state index in [4.69, 9.17) is 16.3 Å². The van der Waals surface area contributed by atoms with Crippen molar-refractivity contribution in [3.05, 3.63) is 107 Å². The molecule has 1 aliphatic heterocycles. The number of hydrogen-bond acceptors (Lipinski definition) is 3. The fraction of sp³-hybridized carbons (Fsp3) is 0.333. The SMILES string of the molecule is CC(C)(C)OC(=O)C1(Cc2ccc(Cl)cc2)CCCN(C(c2ccccc2)c2ccccc2)C1=O. The first-order chi connectivity index (χ1) is 16.7. The zero-order valence-electron chi connectivity index (χ0n) is 20.5. The van der Waals surface area contributed by atoms with Crippen molar-refractivity contribution in [2.24, 2.45) is 5.41 Å². The van der Waals surface area contributed by atoms with Gasteiger partial charge in [0.05, 0.1) is 6.04 Å². The molecule has 3 aromatic rings. The third-order valence-corrected chi connectivity index (χ3v) is 6.68. The third-order valence-electron chi connectivity index (χ3n) is 6.42. The molecule has 0 aromatic heterocycles. The first kappa shape index (κ1) is 25.0. The van der Waals surface area contributed by atoms with Crippen molar-refractivity contribution in [2.45, 2.75) is 51.7 Å². The number of benzene rings is 3. The quantitative estimate of drug-likeness (QED) is 0.288. The molecule has 182 valence electrons. The number of amides is 1. The summed E-state index contributed by atoms with van der Waals surface area (Å²) in [6.07, 6.45) is 1.41. The number of rotatable bonds is 6. The summed E-state index contributed by atoms with van der Waals surface area (Å²) in [6.45, 7) is 6.08. The fourth-order valence-electron chi connectivity index (χ4n) is 4.86. The normalized spacial score (nSPS) is 18.5. The lowest BCUT2D eigenvalue weighted by Crippen LogP contribution is -2.56. The van der Waals surface area contributed by atoms with Crippen molar-refractivity contribution in [1.29, 1.82) is 0 Å². The highest BCUT2D eigenvalue weighted by Crippen LogP contribution is 2.42. The molecule has 4 rings (SSSR count). The topological polar surface area (TPSA) is 46.6 Å². The molecule has 1 unspecified atom stereocenters. The van der Waals surface area contributed by atoms with Crippen molar-refractivity contribution in [3.63, 3.8) is 0 Å². The summed E-state index contributed by atoms with van der Waals surface area (Å²) in [6, 6.07) is 27.1. The number of ether oxygens (including phenoxy) is 1. The lowest BCUT2D eigenvalue weighted by atomic mass is 9.73. The van der Waals surface area contributed by atoms with Crippen molar-refractivity contribution in [1.82, 2.24) is 4.90 Å². The predicted octanol–water partition coefficient (Wildman–Crippen LogP) is 6.62. The van der Waals surface area contributed by atoms with Crippen LogP contribution in [0.25, 0.3) is 0 Å². The lowest BCUT2D eigenvalue weighted by Gasteiger charge is -2.44. The number of nitrogens with zero attached hydrogens (tertiary/aromatic N) is 1. The Morgan fingerprint density at radius 3 is 2.00 bits per heavy atom. The van der Waals surface area contributed by atoms with E-state index in [0.29, 0.717) is 24.4 Å². The number of hydrogen-bond donors (Lipinski definition) is 0. The first-order valence-corrected chi connectivity index (χ1v) is 12.5. The van der Waals surface area contributed by atoms with E-state index in [9.17, 15) is 9.59 Å². The zero-order valence-corrected chi connectivity index (χ0v) is 21.3. The van der Waals surface area contributed by atoms with Crippen molar-refractivity contribution < 1.29 is 14.3 Å². The van der Waals surface area contributed by atoms with Crippen LogP contribution in [0.1, 0.15) is 56.3 Å². The van der Waals surface area contributed by atoms with E-state index in [1.54, 1.807) is 12.1 Å². The third kappa shape index (κ3) is 5.59. The maximum atomic E-state index is 14.4. The first-order valence-electron chi connectivity index (χ1n) is 12.1. The second kappa shape index (κ2) is 10.2. The van der Waals surface area contributed by atoms with Gasteiger partial charge in [0.1, 0.15) is 5.60 Å². The van der Waals surface area contributed by atoms with Gasteiger partial charge in [0.25, 0.3) is 0 Å². The summed E-state index contributed by atoms with van der Waals surface area (Å²) in [7, 11) is 0. The maximum absolute atomic E-state index is 14.4. The van der Waals surface area contributed by atoms with Gasteiger partial charge in [-0.2, -0.15) is 0 Å². The minimum atomic E-state index is -1.30. The molecule has 0 spiro atoms. The Kier molecular flexibility index (Phi) is 7.32. The second-order valence-corrected chi connectivity index (χ2v) is 10.6. The molecule has 0 aliphatic carbocycles. The van der Waals surface area contributed by atoms with Crippen LogP contribution in [-0.2, 0) is 20.7 Å². The van der Waals surface area contributed by atoms with Gasteiger partial charge in [0.2, 0.25) is 5.91 Å². The van der Waals surface area contributed by atoms with Gasteiger partial charge in [-0.3, -0.25) is 9.59 Å². The summed E-state index contributed by atoms with van der Waals surface area (Å²) in [5, 5.41) is 0.616. The molecule has 0 saturated carbocycles. The molecule has 1 fully saturated rings. The van der Waals surface area contributed by atoms with Gasteiger partial charge in [0.15, 0.2) is 5.41 Å². The Morgan fingerprint density at radius 2 is 1.49 bits per heavy atom. The average molecular weight is 490 g/mol. The molecule has 5 heteroatoms. The number of piperidine rings is 1. The van der Waals surface area contributed by atoms with Gasteiger partial charge >= 0.3 is 5.97 Å². The monoisotopic (exact) mass is 489 g/mol. The summed E-state index contributed by atoms with van der Waals surface area (Å²) in [5.41, 5.74) is 0.898. The van der Waals surface area contributed by atoms with Gasteiger partial charge in [-0.05, 0) is 68.9 Å². The molecule has 0 bridgehead atoms. The van der Waals surface area contributed by atoms with Gasteiger partial charge in [-0.1, -0.05) is 84.4 Å². The van der Waals surface area contributed by atoms with E-state index in [-0.39, 0.29) is 18.4 Å². The summed E-state index contributed by atoms with van der Waals surface area (Å²) >= 11 is 6.10. The Bertz CT molecular complexity index is 1120. The van der Waals surface area contributed by atoms with Crippen LogP contribution in [0.4, 0.5) is 0 Å². The lowest BCUT2D eigenvalue weighted by molar-refractivity contribution is -0.178. The van der Waals surface area contributed by atoms with E-state index in [1.165, 1.54) is 0 Å². The largest absolute Gasteiger partial charge is 0.459 e. The molecule has 1 aliphatic rings. The van der Waals surface area contributed by atoms with E-state index in [2.05, 4.69) is 0 Å². The molecule has 35 heavy (non-hydrogen) atoms. The average Bonchev–Trinajstić information content (AvgIpc) is 2.83. The van der Waals surface area contributed by atoms with Crippen LogP contribution in [0.3, 0.4) is 0 Å². The van der Waals surface area contributed by atoms with Crippen LogP contribution in [0.5, 0.6) is 0 Å². The summed E-state index contributed by atoms with van der Waals surface area (Å²) in [5.74, 6) is -0.653. The summed E-state index contributed by atoms with van der Waals surface area (Å²) in [4.78, 5) is 30.1. The van der Waals surface area contributed by atoms with Gasteiger partial charge in [-0.15, -0.1) is 0 Å². The van der Waals surface area contributed by atoms with Crippen LogP contribution in [0, 0.1) is 5.41 Å². The molecule has 1 saturated heterocycles. The second-order valence-electron chi connectivity index (χ2n) is 10.2. The molecule has 0 N–H and O–H groups in total. The van der Waals surface area contributed by atoms with Gasteiger partial charge < -0.3 is 9.64 Å². The molecule has 3 aromatic carbocycles. The van der Waals surface area contributed by atoms with Crippen LogP contribution < -0.4 is 0 Å². The van der Waals surface area contributed by atoms with E-state index < -0.39 is 17.0 Å². The highest BCUT2D eigenvalue weighted by molar-refractivity contribution is 6.30. The standard InChI is InChI=1S/C30H32ClNO3/c1-29(2,3)35-28(34)30(21-22-15-17-25(31)18-16-22)19-10-20-32(27(30)33)26(23-11-6-4-7-12-23)24-13-8-5-9-14-24/h4-9,11-18,26H,10,19-21H2,1-3H3. The zero-order chi connectivity index (χ0) is 25.1. The Hall–Kier alpha value is -3.11. The van der Waals surface area contributed by atoms with Crippen LogP contribution >= 0.6 is 11.6 Å². The van der Waals surface area contributed by atoms with Crippen LogP contribution in [0.15, 0.2) is 84.9 Å². The van der Waals surface area contributed by atoms with E-state index in [1.807, 2.05) is 98.5 Å². The van der Waals surface area contributed by atoms with Crippen LogP contribution in [0.2, 0.25) is 5.02 Å². The fourth-order valence-corrected chi connectivity index (χ4v) is 4.98. The maximum Gasteiger partial charge on any atom is 0.322 e. The van der Waals surface area contributed by atoms with Crippen molar-refractivity contribution in [3.8, 4) is 0 Å². The minimum Gasteiger partial charge on any atom is -0.459 e. The van der Waals surface area contributed by atoms with Crippen molar-refractivity contribution >= 4 is 23.5 Å². The molecule has 1 amide bonds. The van der Waals surface area contributed by atoms with Gasteiger partial charge in [-0.25, -0.2) is 0 Å². The Labute approximate surface area is 212 Å². The molecule has 1 heterocycles. The van der Waals surface area contributed by atoms with Gasteiger partial charge in [0, 0.05) is 11.6 Å². The van der Waals surface area contributed by atoms with E-state index in [0.717, 1.165) is 16.7 Å². The molecule has 4 nitrogen and oxygen atoms in total. The number of esters is 1. The van der Waals surface area contributed by atoms with Crippen LogP contribution in [-0.4, -0.2) is 28.9 Å². The summed E-state index contributed by atoms with van der Waals surface area (Å²) < 4.78 is 5.87. The number of likely N-dealkylation sites (tertiary alicyclic amines) is 1. The molecule has 0 radical (unpaired) electrons. The smallest absolute Gasteiger partial charge is 0.322 e. The van der Waals surface area contributed by atoms with Crippen molar-refractivity contribution in [2.75, 3.05) is 6.54 Å². The number of carbonyl (C=O) groups excluding carboxylic acids is 2. The molecule has 1 atom stereocenters. The highest BCUT2D eigenvalue weighted by Gasteiger charge is 2.53. The Morgan fingerprint density at radius 1 is 0.943 bits per heavy atom.